The van der Waals surface area contributed by atoms with Crippen LogP contribution in [0.25, 0.3) is 0 Å². The van der Waals surface area contributed by atoms with Crippen LogP contribution in [0.4, 0.5) is 0 Å². The van der Waals surface area contributed by atoms with Crippen molar-refractivity contribution < 1.29 is 4.42 Å². The number of hydrogen-bond donors (Lipinski definition) is 1. The Kier molecular flexibility index (Phi) is 4.07. The fraction of sp³-hybridized carbons (Fsp3) is 0.364. The third-order valence-electron chi connectivity index (χ3n) is 2.37. The Morgan fingerprint density at radius 3 is 2.76 bits per heavy atom. The van der Waals surface area contributed by atoms with Crippen molar-refractivity contribution in [2.24, 2.45) is 0 Å². The summed E-state index contributed by atoms with van der Waals surface area (Å²) in [4.78, 5) is 4.33. The molecular formula is C11H12Br2N2OS. The van der Waals surface area contributed by atoms with E-state index in [1.165, 1.54) is 0 Å². The van der Waals surface area contributed by atoms with E-state index in [4.69, 9.17) is 4.42 Å². The Balaban J connectivity index is 2.02. The molecule has 1 N–H and O–H groups in total. The van der Waals surface area contributed by atoms with Crippen molar-refractivity contribution in [1.29, 1.82) is 0 Å². The highest BCUT2D eigenvalue weighted by molar-refractivity contribution is 9.13. The van der Waals surface area contributed by atoms with E-state index in [2.05, 4.69) is 56.0 Å². The second-order valence-corrected chi connectivity index (χ2v) is 6.62. The number of thiazole rings is 1. The van der Waals surface area contributed by atoms with Gasteiger partial charge in [0.05, 0.1) is 16.6 Å². The largest absolute Gasteiger partial charge is 0.452 e. The van der Waals surface area contributed by atoms with E-state index in [1.54, 1.807) is 11.3 Å². The van der Waals surface area contributed by atoms with Gasteiger partial charge in [-0.3, -0.25) is 5.32 Å². The van der Waals surface area contributed by atoms with Crippen LogP contribution in [-0.4, -0.2) is 4.98 Å². The third-order valence-corrected chi connectivity index (χ3v) is 5.17. The second kappa shape index (κ2) is 5.22. The first-order valence-corrected chi connectivity index (χ1v) is 7.54. The zero-order valence-electron chi connectivity index (χ0n) is 9.46. The molecule has 0 aliphatic heterocycles. The molecule has 0 aliphatic carbocycles. The van der Waals surface area contributed by atoms with Crippen molar-refractivity contribution in [3.05, 3.63) is 37.6 Å². The highest BCUT2D eigenvalue weighted by atomic mass is 79.9. The molecular weight excluding hydrogens is 368 g/mol. The van der Waals surface area contributed by atoms with E-state index < -0.39 is 0 Å². The lowest BCUT2D eigenvalue weighted by Gasteiger charge is -2.23. The molecule has 0 radical (unpaired) electrons. The van der Waals surface area contributed by atoms with E-state index in [1.807, 2.05) is 17.6 Å². The second-order valence-electron chi connectivity index (χ2n) is 4.15. The molecule has 0 unspecified atom stereocenters. The van der Waals surface area contributed by atoms with Gasteiger partial charge in [-0.15, -0.1) is 11.3 Å². The van der Waals surface area contributed by atoms with Crippen molar-refractivity contribution in [2.45, 2.75) is 25.9 Å². The van der Waals surface area contributed by atoms with E-state index in [0.29, 0.717) is 6.54 Å². The molecule has 2 heterocycles. The van der Waals surface area contributed by atoms with Crippen LogP contribution in [-0.2, 0) is 12.1 Å². The van der Waals surface area contributed by atoms with Gasteiger partial charge in [0, 0.05) is 11.6 Å². The van der Waals surface area contributed by atoms with Gasteiger partial charge >= 0.3 is 0 Å². The Labute approximate surface area is 121 Å². The van der Waals surface area contributed by atoms with Gasteiger partial charge in [-0.1, -0.05) is 0 Å². The predicted octanol–water partition coefficient (Wildman–Crippen LogP) is 4.29. The maximum atomic E-state index is 5.52. The number of aromatic nitrogens is 1. The van der Waals surface area contributed by atoms with Crippen LogP contribution < -0.4 is 5.32 Å². The minimum absolute atomic E-state index is 0.153. The first-order chi connectivity index (χ1) is 7.99. The van der Waals surface area contributed by atoms with Crippen LogP contribution in [0.15, 0.2) is 31.2 Å². The molecule has 0 fully saturated rings. The smallest absolute Gasteiger partial charge is 0.183 e. The molecule has 0 spiro atoms. The Bertz CT molecular complexity index is 474. The highest BCUT2D eigenvalue weighted by Crippen LogP contribution is 2.28. The number of hydrogen-bond acceptors (Lipinski definition) is 4. The molecule has 2 rings (SSSR count). The molecule has 0 saturated carbocycles. The molecule has 6 heteroatoms. The van der Waals surface area contributed by atoms with Gasteiger partial charge in [-0.05, 0) is 51.8 Å². The van der Waals surface area contributed by atoms with Crippen molar-refractivity contribution in [3.63, 3.8) is 0 Å². The average Bonchev–Trinajstić information content (AvgIpc) is 2.87. The van der Waals surface area contributed by atoms with Crippen molar-refractivity contribution in [3.8, 4) is 0 Å². The molecule has 3 nitrogen and oxygen atoms in total. The minimum atomic E-state index is -0.153. The standard InChI is InChI=1S/C11H12Br2N2OS/c1-11(2,10-14-3-4-17-10)15-6-7-5-8(12)9(13)16-7/h3-5,15H,6H2,1-2H3. The summed E-state index contributed by atoms with van der Waals surface area (Å²) in [5, 5.41) is 6.49. The van der Waals surface area contributed by atoms with Crippen LogP contribution in [0.1, 0.15) is 24.6 Å². The van der Waals surface area contributed by atoms with Gasteiger partial charge in [-0.25, -0.2) is 4.98 Å². The fourth-order valence-electron chi connectivity index (χ4n) is 1.39. The number of nitrogens with zero attached hydrogens (tertiary/aromatic N) is 1. The van der Waals surface area contributed by atoms with E-state index >= 15 is 0 Å². The molecule has 0 aromatic carbocycles. The molecule has 0 atom stereocenters. The summed E-state index contributed by atoms with van der Waals surface area (Å²) in [5.74, 6) is 0.883. The molecule has 2 aromatic rings. The summed E-state index contributed by atoms with van der Waals surface area (Å²) in [7, 11) is 0. The van der Waals surface area contributed by atoms with Crippen LogP contribution in [0.2, 0.25) is 0 Å². The Morgan fingerprint density at radius 2 is 2.24 bits per heavy atom. The van der Waals surface area contributed by atoms with Crippen LogP contribution in [0.5, 0.6) is 0 Å². The van der Waals surface area contributed by atoms with Crippen LogP contribution >= 0.6 is 43.2 Å². The summed E-state index contributed by atoms with van der Waals surface area (Å²) < 4.78 is 7.17. The number of nitrogens with one attached hydrogen (secondary N) is 1. The minimum Gasteiger partial charge on any atom is -0.452 e. The first kappa shape index (κ1) is 13.3. The summed E-state index contributed by atoms with van der Waals surface area (Å²) in [6.07, 6.45) is 1.82. The van der Waals surface area contributed by atoms with Crippen molar-refractivity contribution >= 4 is 43.2 Å². The van der Waals surface area contributed by atoms with Gasteiger partial charge in [0.25, 0.3) is 0 Å². The van der Waals surface area contributed by atoms with Crippen LogP contribution in [0.3, 0.4) is 0 Å². The van der Waals surface area contributed by atoms with Gasteiger partial charge in [-0.2, -0.15) is 0 Å². The number of furan rings is 1. The summed E-state index contributed by atoms with van der Waals surface area (Å²) >= 11 is 8.37. The van der Waals surface area contributed by atoms with Gasteiger partial charge < -0.3 is 4.42 Å². The van der Waals surface area contributed by atoms with Crippen molar-refractivity contribution in [1.82, 2.24) is 10.3 Å². The zero-order valence-corrected chi connectivity index (χ0v) is 13.4. The SMILES string of the molecule is CC(C)(NCc1cc(Br)c(Br)o1)c1nccs1. The molecule has 0 saturated heterocycles. The lowest BCUT2D eigenvalue weighted by Crippen LogP contribution is -2.35. The molecule has 0 aliphatic rings. The van der Waals surface area contributed by atoms with Gasteiger partial charge in [0.1, 0.15) is 10.8 Å². The lowest BCUT2D eigenvalue weighted by molar-refractivity contribution is 0.366. The predicted molar refractivity (Wildman–Crippen MR) is 76.1 cm³/mol. The van der Waals surface area contributed by atoms with Crippen LogP contribution in [0, 0.1) is 0 Å². The summed E-state index contributed by atoms with van der Waals surface area (Å²) in [6.45, 7) is 4.88. The zero-order chi connectivity index (χ0) is 12.5. The fourth-order valence-corrected chi connectivity index (χ4v) is 2.79. The monoisotopic (exact) mass is 378 g/mol. The van der Waals surface area contributed by atoms with E-state index in [0.717, 1.165) is 19.9 Å². The van der Waals surface area contributed by atoms with Gasteiger partial charge in [0.2, 0.25) is 0 Å². The molecule has 0 bridgehead atoms. The third kappa shape index (κ3) is 3.19. The van der Waals surface area contributed by atoms with E-state index in [-0.39, 0.29) is 5.54 Å². The maximum Gasteiger partial charge on any atom is 0.183 e. The topological polar surface area (TPSA) is 38.1 Å². The normalized spacial score (nSPS) is 12.0. The van der Waals surface area contributed by atoms with Crippen molar-refractivity contribution in [2.75, 3.05) is 0 Å². The number of halogens is 2. The highest BCUT2D eigenvalue weighted by Gasteiger charge is 2.23. The average molecular weight is 380 g/mol. The maximum absolute atomic E-state index is 5.52. The molecule has 92 valence electrons. The number of rotatable bonds is 4. The Morgan fingerprint density at radius 1 is 1.47 bits per heavy atom. The summed E-state index contributed by atoms with van der Waals surface area (Å²) in [5.41, 5.74) is -0.153. The quantitative estimate of drug-likeness (QED) is 0.861. The summed E-state index contributed by atoms with van der Waals surface area (Å²) in [6, 6.07) is 1.95. The molecule has 0 amide bonds. The first-order valence-electron chi connectivity index (χ1n) is 5.08. The van der Waals surface area contributed by atoms with Gasteiger partial charge in [0.15, 0.2) is 4.67 Å². The molecule has 17 heavy (non-hydrogen) atoms. The van der Waals surface area contributed by atoms with E-state index in [9.17, 15) is 0 Å². The lowest BCUT2D eigenvalue weighted by atomic mass is 10.1. The Hall–Kier alpha value is -0.170. The molecule has 2 aromatic heterocycles.